The molecule has 1 aromatic heterocycles. The number of carbonyl (C=O) groups excluding carboxylic acids is 1. The molecule has 1 N–H and O–H groups in total. The number of hydrogen-bond donors (Lipinski definition) is 1. The Morgan fingerprint density at radius 3 is 2.71 bits per heavy atom. The van der Waals surface area contributed by atoms with Crippen molar-refractivity contribution in [2.75, 3.05) is 18.9 Å². The van der Waals surface area contributed by atoms with Gasteiger partial charge in [0.05, 0.1) is 0 Å². The number of aromatic nitrogens is 1. The van der Waals surface area contributed by atoms with Crippen molar-refractivity contribution in [1.82, 2.24) is 10.1 Å². The molecule has 1 aromatic carbocycles. The number of benzene rings is 1. The van der Waals surface area contributed by atoms with E-state index in [0.29, 0.717) is 24.5 Å². The molecule has 21 heavy (non-hydrogen) atoms. The highest BCUT2D eigenvalue weighted by atomic mass is 16.5. The molecule has 112 valence electrons. The van der Waals surface area contributed by atoms with Gasteiger partial charge in [0, 0.05) is 25.1 Å². The zero-order valence-electron chi connectivity index (χ0n) is 12.7. The van der Waals surface area contributed by atoms with Gasteiger partial charge in [0.1, 0.15) is 5.76 Å². The summed E-state index contributed by atoms with van der Waals surface area (Å²) >= 11 is 0. The quantitative estimate of drug-likeness (QED) is 0.887. The molecule has 2 rings (SSSR count). The van der Waals surface area contributed by atoms with E-state index >= 15 is 0 Å². The van der Waals surface area contributed by atoms with E-state index in [1.54, 1.807) is 13.0 Å². The molecule has 0 aliphatic heterocycles. The topological polar surface area (TPSA) is 58.4 Å². The second kappa shape index (κ2) is 7.04. The summed E-state index contributed by atoms with van der Waals surface area (Å²) in [7, 11) is 2.02. The number of nitrogens with one attached hydrogen (secondary N) is 1. The van der Waals surface area contributed by atoms with Crippen LogP contribution in [0.25, 0.3) is 0 Å². The molecular formula is C16H21N3O2. The van der Waals surface area contributed by atoms with Gasteiger partial charge in [0.2, 0.25) is 5.91 Å². The van der Waals surface area contributed by atoms with Crippen molar-refractivity contribution in [3.63, 3.8) is 0 Å². The van der Waals surface area contributed by atoms with E-state index < -0.39 is 0 Å². The summed E-state index contributed by atoms with van der Waals surface area (Å²) in [6, 6.07) is 12.2. The van der Waals surface area contributed by atoms with E-state index in [2.05, 4.69) is 34.4 Å². The smallest absolute Gasteiger partial charge is 0.226 e. The van der Waals surface area contributed by atoms with Crippen molar-refractivity contribution < 1.29 is 9.32 Å². The number of hydrogen-bond acceptors (Lipinski definition) is 4. The van der Waals surface area contributed by atoms with Gasteiger partial charge in [0.15, 0.2) is 5.82 Å². The van der Waals surface area contributed by atoms with Crippen LogP contribution in [0.15, 0.2) is 40.9 Å². The minimum Gasteiger partial charge on any atom is -0.360 e. The molecule has 5 heteroatoms. The molecule has 0 fully saturated rings. The minimum atomic E-state index is -0.0598. The summed E-state index contributed by atoms with van der Waals surface area (Å²) in [6.07, 6.45) is 0.416. The predicted molar refractivity (Wildman–Crippen MR) is 82.0 cm³/mol. The van der Waals surface area contributed by atoms with Gasteiger partial charge in [-0.25, -0.2) is 0 Å². The Hall–Kier alpha value is -2.14. The van der Waals surface area contributed by atoms with Crippen molar-refractivity contribution in [2.24, 2.45) is 0 Å². The summed E-state index contributed by atoms with van der Waals surface area (Å²) in [6.45, 7) is 4.60. The third-order valence-corrected chi connectivity index (χ3v) is 3.53. The first-order valence-electron chi connectivity index (χ1n) is 7.04. The highest BCUT2D eigenvalue weighted by Gasteiger charge is 2.13. The Bertz CT molecular complexity index is 580. The fourth-order valence-corrected chi connectivity index (χ4v) is 2.09. The Morgan fingerprint density at radius 2 is 2.10 bits per heavy atom. The molecule has 1 heterocycles. The Balaban J connectivity index is 1.80. The first-order valence-corrected chi connectivity index (χ1v) is 7.04. The fourth-order valence-electron chi connectivity index (χ4n) is 2.09. The lowest BCUT2D eigenvalue weighted by atomic mass is 10.1. The predicted octanol–water partition coefficient (Wildman–Crippen LogP) is 3.00. The zero-order valence-corrected chi connectivity index (χ0v) is 12.7. The van der Waals surface area contributed by atoms with E-state index in [0.717, 1.165) is 0 Å². The molecule has 0 saturated heterocycles. The average Bonchev–Trinajstić information content (AvgIpc) is 2.90. The summed E-state index contributed by atoms with van der Waals surface area (Å²) in [5.74, 6) is 1.09. The van der Waals surface area contributed by atoms with E-state index in [4.69, 9.17) is 4.52 Å². The van der Waals surface area contributed by atoms with Crippen molar-refractivity contribution in [3.05, 3.63) is 47.7 Å². The number of nitrogens with zero attached hydrogens (tertiary/aromatic N) is 2. The van der Waals surface area contributed by atoms with Crippen molar-refractivity contribution >= 4 is 11.7 Å². The molecule has 0 saturated carbocycles. The van der Waals surface area contributed by atoms with Gasteiger partial charge in [-0.15, -0.1) is 0 Å². The summed E-state index contributed by atoms with van der Waals surface area (Å²) in [4.78, 5) is 14.0. The molecule has 1 amide bonds. The van der Waals surface area contributed by atoms with Crippen LogP contribution in [-0.2, 0) is 4.79 Å². The highest BCUT2D eigenvalue weighted by Crippen LogP contribution is 2.18. The maximum absolute atomic E-state index is 11.9. The SMILES string of the molecule is Cc1cc(NC(=O)CCN(C)C(C)c2ccccc2)no1. The van der Waals surface area contributed by atoms with E-state index in [1.807, 2.05) is 25.2 Å². The molecule has 0 aliphatic rings. The Labute approximate surface area is 124 Å². The lowest BCUT2D eigenvalue weighted by molar-refractivity contribution is -0.116. The standard InChI is InChI=1S/C16H21N3O2/c1-12-11-15(18-21-12)17-16(20)9-10-19(3)13(2)14-7-5-4-6-8-14/h4-8,11,13H,9-10H2,1-3H3,(H,17,18,20). The fraction of sp³-hybridized carbons (Fsp3) is 0.375. The second-order valence-corrected chi connectivity index (χ2v) is 5.19. The van der Waals surface area contributed by atoms with Crippen LogP contribution in [0, 0.1) is 6.92 Å². The molecule has 0 spiro atoms. The van der Waals surface area contributed by atoms with Gasteiger partial charge < -0.3 is 9.84 Å². The van der Waals surface area contributed by atoms with E-state index in [-0.39, 0.29) is 11.9 Å². The minimum absolute atomic E-state index is 0.0598. The normalized spacial score (nSPS) is 12.4. The second-order valence-electron chi connectivity index (χ2n) is 5.19. The molecule has 1 unspecified atom stereocenters. The molecule has 5 nitrogen and oxygen atoms in total. The van der Waals surface area contributed by atoms with Crippen LogP contribution in [0.1, 0.15) is 30.7 Å². The molecule has 0 bridgehead atoms. The number of anilines is 1. The van der Waals surface area contributed by atoms with Crippen LogP contribution in [0.2, 0.25) is 0 Å². The van der Waals surface area contributed by atoms with Crippen LogP contribution in [0.5, 0.6) is 0 Å². The largest absolute Gasteiger partial charge is 0.360 e. The summed E-state index contributed by atoms with van der Waals surface area (Å²) in [5.41, 5.74) is 1.24. The number of carbonyl (C=O) groups is 1. The van der Waals surface area contributed by atoms with E-state index in [1.165, 1.54) is 5.56 Å². The maximum Gasteiger partial charge on any atom is 0.226 e. The number of rotatable bonds is 6. The summed E-state index contributed by atoms with van der Waals surface area (Å²) < 4.78 is 4.91. The first-order chi connectivity index (χ1) is 10.1. The zero-order chi connectivity index (χ0) is 15.2. The van der Waals surface area contributed by atoms with Crippen LogP contribution in [0.4, 0.5) is 5.82 Å². The Kier molecular flexibility index (Phi) is 5.11. The Morgan fingerprint density at radius 1 is 1.38 bits per heavy atom. The van der Waals surface area contributed by atoms with E-state index in [9.17, 15) is 4.79 Å². The third kappa shape index (κ3) is 4.43. The van der Waals surface area contributed by atoms with Gasteiger partial charge in [-0.05, 0) is 26.5 Å². The van der Waals surface area contributed by atoms with Gasteiger partial charge in [0.25, 0.3) is 0 Å². The number of amides is 1. The monoisotopic (exact) mass is 287 g/mol. The molecule has 1 atom stereocenters. The molecule has 0 radical (unpaired) electrons. The van der Waals surface area contributed by atoms with Crippen LogP contribution in [0.3, 0.4) is 0 Å². The lowest BCUT2D eigenvalue weighted by Crippen LogP contribution is -2.27. The molecule has 2 aromatic rings. The molecule has 0 aliphatic carbocycles. The van der Waals surface area contributed by atoms with Gasteiger partial charge in [-0.2, -0.15) is 0 Å². The van der Waals surface area contributed by atoms with Gasteiger partial charge >= 0.3 is 0 Å². The number of aryl methyl sites for hydroxylation is 1. The summed E-state index contributed by atoms with van der Waals surface area (Å²) in [5, 5.41) is 6.47. The van der Waals surface area contributed by atoms with Crippen molar-refractivity contribution in [2.45, 2.75) is 26.3 Å². The third-order valence-electron chi connectivity index (χ3n) is 3.53. The van der Waals surface area contributed by atoms with Crippen molar-refractivity contribution in [3.8, 4) is 0 Å². The van der Waals surface area contributed by atoms with Crippen LogP contribution in [-0.4, -0.2) is 29.6 Å². The van der Waals surface area contributed by atoms with Crippen LogP contribution < -0.4 is 5.32 Å². The highest BCUT2D eigenvalue weighted by molar-refractivity contribution is 5.89. The maximum atomic E-state index is 11.9. The van der Waals surface area contributed by atoms with Gasteiger partial charge in [-0.1, -0.05) is 35.5 Å². The van der Waals surface area contributed by atoms with Gasteiger partial charge in [-0.3, -0.25) is 9.69 Å². The van der Waals surface area contributed by atoms with Crippen molar-refractivity contribution in [1.29, 1.82) is 0 Å². The van der Waals surface area contributed by atoms with Crippen LogP contribution >= 0.6 is 0 Å². The average molecular weight is 287 g/mol. The lowest BCUT2D eigenvalue weighted by Gasteiger charge is -2.24. The first kappa shape index (κ1) is 15.3. The molecular weight excluding hydrogens is 266 g/mol.